The minimum absolute atomic E-state index is 0.161. The summed E-state index contributed by atoms with van der Waals surface area (Å²) in [5.41, 5.74) is -0.174. The third kappa shape index (κ3) is 4.38. The van der Waals surface area contributed by atoms with Crippen molar-refractivity contribution < 1.29 is 32.5 Å². The van der Waals surface area contributed by atoms with Crippen molar-refractivity contribution >= 4 is 21.8 Å². The average Bonchev–Trinajstić information content (AvgIpc) is 2.59. The Morgan fingerprint density at radius 2 is 1.64 bits per heavy atom. The van der Waals surface area contributed by atoms with E-state index in [0.29, 0.717) is 0 Å². The van der Waals surface area contributed by atoms with Crippen molar-refractivity contribution in [3.05, 3.63) is 70.3 Å². The second-order valence-corrected chi connectivity index (χ2v) is 6.49. The number of aliphatic hydroxyl groups excluding tert-OH is 1. The summed E-state index contributed by atoms with van der Waals surface area (Å²) in [6.45, 7) is 0. The molecule has 2 atom stereocenters. The van der Waals surface area contributed by atoms with Crippen molar-refractivity contribution in [2.75, 3.05) is 0 Å². The van der Waals surface area contributed by atoms with E-state index in [2.05, 4.69) is 4.18 Å². The molecule has 0 aromatic heterocycles. The monoisotopic (exact) mass is 367 g/mol. The number of aliphatic hydroxyl groups is 1. The summed E-state index contributed by atoms with van der Waals surface area (Å²) < 4.78 is 29.0. The molecule has 25 heavy (non-hydrogen) atoms. The van der Waals surface area contributed by atoms with Crippen LogP contribution in [0.4, 0.5) is 5.69 Å². The molecule has 2 rings (SSSR count). The molecule has 0 spiro atoms. The molecule has 10 heteroatoms. The van der Waals surface area contributed by atoms with Gasteiger partial charge in [0.25, 0.3) is 15.8 Å². The largest absolute Gasteiger partial charge is 0.479 e. The summed E-state index contributed by atoms with van der Waals surface area (Å²) in [6.07, 6.45) is -3.81. The summed E-state index contributed by atoms with van der Waals surface area (Å²) in [5, 5.41) is 29.9. The van der Waals surface area contributed by atoms with Gasteiger partial charge in [0, 0.05) is 12.1 Å². The van der Waals surface area contributed by atoms with Crippen molar-refractivity contribution in [3.63, 3.8) is 0 Å². The zero-order valence-corrected chi connectivity index (χ0v) is 13.4. The van der Waals surface area contributed by atoms with Gasteiger partial charge in [-0.3, -0.25) is 10.1 Å². The van der Waals surface area contributed by atoms with Crippen LogP contribution in [0.25, 0.3) is 0 Å². The fourth-order valence-electron chi connectivity index (χ4n) is 1.98. The number of carbonyl (C=O) groups is 1. The maximum absolute atomic E-state index is 12.2. The highest BCUT2D eigenvalue weighted by molar-refractivity contribution is 7.86. The van der Waals surface area contributed by atoms with E-state index < -0.39 is 38.1 Å². The van der Waals surface area contributed by atoms with Crippen LogP contribution in [0.15, 0.2) is 59.5 Å². The fourth-order valence-corrected chi connectivity index (χ4v) is 3.02. The zero-order valence-electron chi connectivity index (χ0n) is 12.6. The van der Waals surface area contributed by atoms with E-state index in [1.165, 1.54) is 12.1 Å². The summed E-state index contributed by atoms with van der Waals surface area (Å²) >= 11 is 0. The molecule has 2 unspecified atom stereocenters. The Balaban J connectivity index is 2.28. The molecule has 0 saturated carbocycles. The first kappa shape index (κ1) is 18.5. The number of hydrogen-bond donors (Lipinski definition) is 2. The summed E-state index contributed by atoms with van der Waals surface area (Å²) in [7, 11) is -4.56. The molecule has 2 aromatic carbocycles. The van der Waals surface area contributed by atoms with Crippen LogP contribution in [0, 0.1) is 10.1 Å². The van der Waals surface area contributed by atoms with Gasteiger partial charge in [-0.15, -0.1) is 0 Å². The topological polar surface area (TPSA) is 144 Å². The predicted octanol–water partition coefficient (Wildman–Crippen LogP) is 1.49. The lowest BCUT2D eigenvalue weighted by molar-refractivity contribution is -0.384. The second-order valence-electron chi connectivity index (χ2n) is 4.92. The highest BCUT2D eigenvalue weighted by Gasteiger charge is 2.34. The summed E-state index contributed by atoms with van der Waals surface area (Å²) in [6, 6.07) is 11.3. The standard InChI is InChI=1S/C15H13NO8S/c17-13(10-4-2-1-3-5-10)14(15(18)19)24-25(22,23)12-8-6-11(7-9-12)16(20)21/h1-9,13-14,17H,(H,18,19). The van der Waals surface area contributed by atoms with Crippen molar-refractivity contribution in [1.29, 1.82) is 0 Å². The Labute approximate surface area is 142 Å². The average molecular weight is 367 g/mol. The van der Waals surface area contributed by atoms with Crippen LogP contribution < -0.4 is 0 Å². The van der Waals surface area contributed by atoms with Crippen molar-refractivity contribution in [2.24, 2.45) is 0 Å². The molecule has 2 aromatic rings. The van der Waals surface area contributed by atoms with Crippen molar-refractivity contribution in [1.82, 2.24) is 0 Å². The first-order valence-corrected chi connectivity index (χ1v) is 8.27. The highest BCUT2D eigenvalue weighted by Crippen LogP contribution is 2.24. The van der Waals surface area contributed by atoms with E-state index in [0.717, 1.165) is 24.3 Å². The Hall–Kier alpha value is -2.82. The third-order valence-corrected chi connectivity index (χ3v) is 4.55. The van der Waals surface area contributed by atoms with Crippen LogP contribution in [-0.2, 0) is 19.1 Å². The molecule has 2 N–H and O–H groups in total. The lowest BCUT2D eigenvalue weighted by atomic mass is 10.1. The van der Waals surface area contributed by atoms with E-state index in [9.17, 15) is 33.5 Å². The molecular weight excluding hydrogens is 354 g/mol. The van der Waals surface area contributed by atoms with Gasteiger partial charge < -0.3 is 10.2 Å². The van der Waals surface area contributed by atoms with Crippen LogP contribution in [0.2, 0.25) is 0 Å². The van der Waals surface area contributed by atoms with Crippen molar-refractivity contribution in [3.8, 4) is 0 Å². The van der Waals surface area contributed by atoms with Crippen molar-refractivity contribution in [2.45, 2.75) is 17.1 Å². The number of carboxylic acid groups (broad SMARTS) is 1. The molecule has 0 aliphatic carbocycles. The highest BCUT2D eigenvalue weighted by atomic mass is 32.2. The van der Waals surface area contributed by atoms with E-state index in [4.69, 9.17) is 0 Å². The van der Waals surface area contributed by atoms with Gasteiger partial charge in [0.1, 0.15) is 6.10 Å². The number of non-ortho nitro benzene ring substituents is 1. The van der Waals surface area contributed by atoms with Gasteiger partial charge in [0.15, 0.2) is 0 Å². The maximum atomic E-state index is 12.2. The molecule has 9 nitrogen and oxygen atoms in total. The maximum Gasteiger partial charge on any atom is 0.337 e. The normalized spacial score (nSPS) is 13.8. The molecule has 0 bridgehead atoms. The molecule has 0 aliphatic heterocycles. The third-order valence-electron chi connectivity index (χ3n) is 3.24. The number of carboxylic acids is 1. The van der Waals surface area contributed by atoms with Gasteiger partial charge in [0.2, 0.25) is 6.10 Å². The van der Waals surface area contributed by atoms with E-state index in [1.54, 1.807) is 18.2 Å². The first-order chi connectivity index (χ1) is 11.7. The number of benzene rings is 2. The van der Waals surface area contributed by atoms with Crippen LogP contribution >= 0.6 is 0 Å². The van der Waals surface area contributed by atoms with E-state index >= 15 is 0 Å². The minimum Gasteiger partial charge on any atom is -0.479 e. The Morgan fingerprint density at radius 3 is 2.12 bits per heavy atom. The smallest absolute Gasteiger partial charge is 0.337 e. The van der Waals surface area contributed by atoms with Crippen LogP contribution in [0.5, 0.6) is 0 Å². The first-order valence-electron chi connectivity index (χ1n) is 6.86. The number of nitrogens with zero attached hydrogens (tertiary/aromatic N) is 1. The molecule has 0 saturated heterocycles. The van der Waals surface area contributed by atoms with Gasteiger partial charge in [-0.05, 0) is 17.7 Å². The Morgan fingerprint density at radius 1 is 1.08 bits per heavy atom. The molecular formula is C15H13NO8S. The minimum atomic E-state index is -4.56. The summed E-state index contributed by atoms with van der Waals surface area (Å²) in [5.74, 6) is -1.68. The fraction of sp³-hybridized carbons (Fsp3) is 0.133. The molecule has 132 valence electrons. The second kappa shape index (κ2) is 7.38. The number of nitro benzene ring substituents is 1. The van der Waals surface area contributed by atoms with Crippen LogP contribution in [-0.4, -0.2) is 35.6 Å². The number of hydrogen-bond acceptors (Lipinski definition) is 7. The molecule has 0 fully saturated rings. The van der Waals surface area contributed by atoms with E-state index in [-0.39, 0.29) is 11.3 Å². The molecule has 0 aliphatic rings. The lowest BCUT2D eigenvalue weighted by Crippen LogP contribution is -2.33. The van der Waals surface area contributed by atoms with Gasteiger partial charge in [0.05, 0.1) is 9.82 Å². The zero-order chi connectivity index (χ0) is 18.6. The lowest BCUT2D eigenvalue weighted by Gasteiger charge is -2.19. The molecule has 0 amide bonds. The van der Waals surface area contributed by atoms with E-state index in [1.807, 2.05) is 0 Å². The SMILES string of the molecule is O=C(O)C(OS(=O)(=O)c1ccc([N+](=O)[O-])cc1)C(O)c1ccccc1. The van der Waals surface area contributed by atoms with Gasteiger partial charge in [-0.25, -0.2) is 8.98 Å². The van der Waals surface area contributed by atoms with Gasteiger partial charge >= 0.3 is 5.97 Å². The Bertz CT molecular complexity index is 864. The number of aliphatic carboxylic acids is 1. The van der Waals surface area contributed by atoms with Gasteiger partial charge in [-0.1, -0.05) is 30.3 Å². The van der Waals surface area contributed by atoms with Crippen LogP contribution in [0.1, 0.15) is 11.7 Å². The molecule has 0 heterocycles. The summed E-state index contributed by atoms with van der Waals surface area (Å²) in [4.78, 5) is 20.7. The Kier molecular flexibility index (Phi) is 5.47. The van der Waals surface area contributed by atoms with Gasteiger partial charge in [-0.2, -0.15) is 8.42 Å². The van der Waals surface area contributed by atoms with Crippen LogP contribution in [0.3, 0.4) is 0 Å². The predicted molar refractivity (Wildman–Crippen MR) is 84.2 cm³/mol. The quantitative estimate of drug-likeness (QED) is 0.425. The number of nitro groups is 1. The number of rotatable bonds is 7. The molecule has 0 radical (unpaired) electrons.